The zero-order chi connectivity index (χ0) is 48.1. The second-order valence-electron chi connectivity index (χ2n) is 18.3. The number of hydrogen-bond acceptors (Lipinski definition) is 8. The quantitative estimate of drug-likeness (QED) is 0.111. The minimum atomic E-state index is -0.421. The Morgan fingerprint density at radius 3 is 1.06 bits per heavy atom. The van der Waals surface area contributed by atoms with Crippen LogP contribution in [0.1, 0.15) is 41.5 Å². The van der Waals surface area contributed by atoms with Gasteiger partial charge in [0.05, 0.1) is 22.4 Å². The van der Waals surface area contributed by atoms with Crippen LogP contribution in [0.25, 0.3) is 55.1 Å². The number of aromatic nitrogens is 2. The molecule has 0 atom stereocenters. The molecule has 4 N–H and O–H groups in total. The van der Waals surface area contributed by atoms with Crippen molar-refractivity contribution in [3.8, 4) is 11.4 Å². The molecule has 0 saturated heterocycles. The second-order valence-corrected chi connectivity index (χ2v) is 20.0. The number of hydrogen-bond donors (Lipinski definition) is 4. The lowest BCUT2D eigenvalue weighted by atomic mass is 10.1. The van der Waals surface area contributed by atoms with Crippen molar-refractivity contribution < 1.29 is 8.83 Å². The predicted octanol–water partition coefficient (Wildman–Crippen LogP) is 16.0. The standard InChI is InChI=1S/2C27H23Cl2N3O2/c2*1-27(2,3)31-25-23(30-18-12-8-16(28)9-13-18)22-24(32(25)19-14-10-17(29)11-15-19)20-6-4-5-7-21(20)34-26(22)33/h2*4-15,30-31H,1-3H3. The van der Waals surface area contributed by atoms with Gasteiger partial charge in [0.2, 0.25) is 0 Å². The van der Waals surface area contributed by atoms with E-state index in [-0.39, 0.29) is 11.1 Å². The molecule has 10 aromatic rings. The van der Waals surface area contributed by atoms with Crippen LogP contribution in [0.5, 0.6) is 0 Å². The first-order valence-electron chi connectivity index (χ1n) is 21.8. The summed E-state index contributed by atoms with van der Waals surface area (Å²) in [6.45, 7) is 12.4. The van der Waals surface area contributed by atoms with Crippen LogP contribution in [0.15, 0.2) is 164 Å². The van der Waals surface area contributed by atoms with Crippen molar-refractivity contribution in [1.29, 1.82) is 0 Å². The van der Waals surface area contributed by atoms with Crippen molar-refractivity contribution in [2.75, 3.05) is 21.3 Å². The Labute approximate surface area is 412 Å². The molecule has 0 aliphatic carbocycles. The third-order valence-corrected chi connectivity index (χ3v) is 11.8. The lowest BCUT2D eigenvalue weighted by Crippen LogP contribution is -2.28. The number of rotatable bonds is 8. The van der Waals surface area contributed by atoms with E-state index in [1.165, 1.54) is 0 Å². The molecule has 0 bridgehead atoms. The van der Waals surface area contributed by atoms with E-state index < -0.39 is 11.3 Å². The molecule has 0 fully saturated rings. The molecular weight excluding hydrogens is 938 g/mol. The molecule has 68 heavy (non-hydrogen) atoms. The van der Waals surface area contributed by atoms with Gasteiger partial charge in [-0.05, 0) is 163 Å². The minimum absolute atomic E-state index is 0.301. The molecule has 0 aliphatic rings. The van der Waals surface area contributed by atoms with E-state index in [4.69, 9.17) is 55.2 Å². The highest BCUT2D eigenvalue weighted by atomic mass is 35.5. The van der Waals surface area contributed by atoms with Gasteiger partial charge in [-0.3, -0.25) is 9.13 Å². The molecule has 0 aliphatic heterocycles. The number of benzene rings is 6. The van der Waals surface area contributed by atoms with Gasteiger partial charge in [-0.1, -0.05) is 70.7 Å². The average molecular weight is 985 g/mol. The maximum atomic E-state index is 13.4. The smallest absolute Gasteiger partial charge is 0.348 e. The van der Waals surface area contributed by atoms with Gasteiger partial charge in [-0.2, -0.15) is 0 Å². The van der Waals surface area contributed by atoms with Crippen molar-refractivity contribution in [3.05, 3.63) is 187 Å². The van der Waals surface area contributed by atoms with E-state index >= 15 is 0 Å². The largest absolute Gasteiger partial charge is 0.422 e. The summed E-state index contributed by atoms with van der Waals surface area (Å²) in [6, 6.07) is 44.9. The Morgan fingerprint density at radius 1 is 0.426 bits per heavy atom. The van der Waals surface area contributed by atoms with Gasteiger partial charge < -0.3 is 30.1 Å². The first kappa shape index (κ1) is 46.3. The fraction of sp³-hybridized carbons (Fsp3) is 0.148. The van der Waals surface area contributed by atoms with E-state index in [2.05, 4.69) is 71.9 Å². The maximum Gasteiger partial charge on any atom is 0.348 e. The van der Waals surface area contributed by atoms with Gasteiger partial charge >= 0.3 is 11.3 Å². The molecule has 14 heteroatoms. The molecule has 0 unspecified atom stereocenters. The Kier molecular flexibility index (Phi) is 12.5. The summed E-state index contributed by atoms with van der Waals surface area (Å²) < 4.78 is 15.6. The van der Waals surface area contributed by atoms with Crippen LogP contribution >= 0.6 is 46.4 Å². The maximum absolute atomic E-state index is 13.4. The Bertz CT molecular complexity index is 3360. The highest BCUT2D eigenvalue weighted by Crippen LogP contribution is 2.44. The summed E-state index contributed by atoms with van der Waals surface area (Å²) in [5.41, 5.74) is 5.66. The van der Waals surface area contributed by atoms with Gasteiger partial charge in [0.15, 0.2) is 0 Å². The van der Waals surface area contributed by atoms with Gasteiger partial charge in [0, 0.05) is 64.7 Å². The zero-order valence-electron chi connectivity index (χ0n) is 37.9. The molecule has 0 saturated carbocycles. The van der Waals surface area contributed by atoms with E-state index in [1.807, 2.05) is 109 Å². The number of halogens is 4. The van der Waals surface area contributed by atoms with E-state index in [0.29, 0.717) is 53.4 Å². The van der Waals surface area contributed by atoms with Gasteiger partial charge in [-0.25, -0.2) is 9.59 Å². The lowest BCUT2D eigenvalue weighted by Gasteiger charge is -2.25. The summed E-state index contributed by atoms with van der Waals surface area (Å²) in [6.07, 6.45) is 0. The second kappa shape index (κ2) is 18.3. The SMILES string of the molecule is CC(C)(C)Nc1c(Nc2ccc(Cl)cc2)c2c(=O)oc3ccccc3c2n1-c1ccc(Cl)cc1.CC(C)(C)Nc1c(Nc2ccc(Cl)cc2)c2c(=O)oc3ccccc3c2n1-c1ccc(Cl)cc1. The van der Waals surface area contributed by atoms with E-state index in [0.717, 1.165) is 56.2 Å². The summed E-state index contributed by atoms with van der Waals surface area (Å²) in [4.78, 5) is 26.8. The summed E-state index contributed by atoms with van der Waals surface area (Å²) >= 11 is 24.6. The normalized spacial score (nSPS) is 11.8. The molecule has 0 amide bonds. The van der Waals surface area contributed by atoms with Crippen LogP contribution in [0.3, 0.4) is 0 Å². The number of nitrogens with one attached hydrogen (secondary N) is 4. The molecule has 0 spiro atoms. The summed E-state index contributed by atoms with van der Waals surface area (Å²) in [5, 5.41) is 19.2. The fourth-order valence-corrected chi connectivity index (χ4v) is 8.60. The highest BCUT2D eigenvalue weighted by molar-refractivity contribution is 6.31. The molecule has 4 aromatic heterocycles. The van der Waals surface area contributed by atoms with Crippen molar-refractivity contribution in [2.24, 2.45) is 0 Å². The molecule has 0 radical (unpaired) electrons. The Balaban J connectivity index is 0.000000170. The molecule has 10 rings (SSSR count). The summed E-state index contributed by atoms with van der Waals surface area (Å²) in [5.74, 6) is 1.48. The van der Waals surface area contributed by atoms with Crippen molar-refractivity contribution in [3.63, 3.8) is 0 Å². The third kappa shape index (κ3) is 9.50. The van der Waals surface area contributed by atoms with Crippen molar-refractivity contribution in [2.45, 2.75) is 52.6 Å². The van der Waals surface area contributed by atoms with Crippen molar-refractivity contribution in [1.82, 2.24) is 9.13 Å². The van der Waals surface area contributed by atoms with E-state index in [1.54, 1.807) is 36.4 Å². The number of nitrogens with zero attached hydrogens (tertiary/aromatic N) is 2. The summed E-state index contributed by atoms with van der Waals surface area (Å²) in [7, 11) is 0. The average Bonchev–Trinajstić information content (AvgIpc) is 3.77. The Morgan fingerprint density at radius 2 is 0.735 bits per heavy atom. The van der Waals surface area contributed by atoms with Gasteiger partial charge in [0.25, 0.3) is 0 Å². The van der Waals surface area contributed by atoms with Gasteiger partial charge in [0.1, 0.15) is 33.6 Å². The minimum Gasteiger partial charge on any atom is -0.422 e. The number of fused-ring (bicyclic) bond motifs is 6. The predicted molar refractivity (Wildman–Crippen MR) is 285 cm³/mol. The monoisotopic (exact) mass is 982 g/mol. The molecular formula is C54H46Cl4N6O4. The van der Waals surface area contributed by atoms with Crippen molar-refractivity contribution >= 4 is 125 Å². The Hall–Kier alpha value is -6.82. The lowest BCUT2D eigenvalue weighted by molar-refractivity contribution is 0.569. The highest BCUT2D eigenvalue weighted by Gasteiger charge is 2.29. The van der Waals surface area contributed by atoms with E-state index in [9.17, 15) is 9.59 Å². The number of para-hydroxylation sites is 2. The first-order chi connectivity index (χ1) is 32.4. The topological polar surface area (TPSA) is 118 Å². The number of anilines is 6. The third-order valence-electron chi connectivity index (χ3n) is 10.8. The van der Waals surface area contributed by atoms with Crippen LogP contribution in [0, 0.1) is 0 Å². The zero-order valence-corrected chi connectivity index (χ0v) is 40.9. The van der Waals surface area contributed by atoms with Crippen LogP contribution in [-0.4, -0.2) is 20.2 Å². The van der Waals surface area contributed by atoms with Crippen LogP contribution < -0.4 is 32.5 Å². The first-order valence-corrected chi connectivity index (χ1v) is 23.3. The molecule has 6 aromatic carbocycles. The fourth-order valence-electron chi connectivity index (χ4n) is 8.10. The molecule has 10 nitrogen and oxygen atoms in total. The molecule has 344 valence electrons. The molecule has 4 heterocycles. The van der Waals surface area contributed by atoms with Gasteiger partial charge in [-0.15, -0.1) is 0 Å². The van der Waals surface area contributed by atoms with Crippen LogP contribution in [0.4, 0.5) is 34.4 Å². The van der Waals surface area contributed by atoms with Crippen LogP contribution in [0.2, 0.25) is 20.1 Å². The van der Waals surface area contributed by atoms with Crippen LogP contribution in [-0.2, 0) is 0 Å².